The molecule has 1 heterocycles. The summed E-state index contributed by atoms with van der Waals surface area (Å²) < 4.78 is 0. The number of nitrogens with zero attached hydrogens (tertiary/aromatic N) is 1. The Morgan fingerprint density at radius 3 is 2.25 bits per heavy atom. The minimum absolute atomic E-state index is 0.0339. The lowest BCUT2D eigenvalue weighted by atomic mass is 9.96. The van der Waals surface area contributed by atoms with Crippen molar-refractivity contribution in [3.8, 4) is 0 Å². The maximum absolute atomic E-state index is 13.2. The number of H-pyrrole nitrogens is 1. The minimum atomic E-state index is -1.26. The molecule has 0 aliphatic heterocycles. The van der Waals surface area contributed by atoms with Gasteiger partial charge in [-0.2, -0.15) is 0 Å². The normalized spacial score (nSPS) is 15.1. The summed E-state index contributed by atoms with van der Waals surface area (Å²) in [5.41, 5.74) is 16.8. The average molecular weight is 511 g/mol. The van der Waals surface area contributed by atoms with Crippen LogP contribution in [0.2, 0.25) is 0 Å². The van der Waals surface area contributed by atoms with Crippen LogP contribution in [0.15, 0.2) is 12.5 Å². The van der Waals surface area contributed by atoms with Crippen molar-refractivity contribution in [1.29, 1.82) is 0 Å². The fourth-order valence-corrected chi connectivity index (χ4v) is 3.38. The van der Waals surface area contributed by atoms with Gasteiger partial charge in [0, 0.05) is 18.3 Å². The third kappa shape index (κ3) is 10.4. The van der Waals surface area contributed by atoms with E-state index in [-0.39, 0.29) is 18.8 Å². The second kappa shape index (κ2) is 15.5. The summed E-state index contributed by atoms with van der Waals surface area (Å²) >= 11 is 0. The number of hydrogen-bond donors (Lipinski definition) is 8. The van der Waals surface area contributed by atoms with E-state index in [2.05, 4.69) is 25.9 Å². The maximum Gasteiger partial charge on any atom is 0.326 e. The minimum Gasteiger partial charge on any atom is -0.480 e. The second-order valence-corrected chi connectivity index (χ2v) is 8.67. The van der Waals surface area contributed by atoms with Crippen LogP contribution < -0.4 is 33.2 Å². The van der Waals surface area contributed by atoms with Gasteiger partial charge in [0.2, 0.25) is 23.6 Å². The Kier molecular flexibility index (Phi) is 13.1. The fraction of sp³-hybridized carbons (Fsp3) is 0.636. The predicted molar refractivity (Wildman–Crippen MR) is 130 cm³/mol. The smallest absolute Gasteiger partial charge is 0.326 e. The zero-order valence-corrected chi connectivity index (χ0v) is 20.7. The van der Waals surface area contributed by atoms with Crippen molar-refractivity contribution in [2.24, 2.45) is 23.1 Å². The third-order valence-electron chi connectivity index (χ3n) is 5.72. The Balaban J connectivity index is 3.01. The van der Waals surface area contributed by atoms with Crippen molar-refractivity contribution in [1.82, 2.24) is 25.9 Å². The first-order valence-electron chi connectivity index (χ1n) is 11.8. The van der Waals surface area contributed by atoms with E-state index < -0.39 is 60.2 Å². The van der Waals surface area contributed by atoms with Crippen LogP contribution in [0, 0.1) is 5.92 Å². The van der Waals surface area contributed by atoms with Crippen molar-refractivity contribution in [3.63, 3.8) is 0 Å². The summed E-state index contributed by atoms with van der Waals surface area (Å²) in [7, 11) is 0. The van der Waals surface area contributed by atoms with Crippen molar-refractivity contribution < 1.29 is 29.1 Å². The Bertz CT molecular complexity index is 878. The average Bonchev–Trinajstić information content (AvgIpc) is 3.33. The van der Waals surface area contributed by atoms with Crippen LogP contribution >= 0.6 is 0 Å². The molecule has 0 aliphatic rings. The van der Waals surface area contributed by atoms with Gasteiger partial charge in [-0.3, -0.25) is 19.2 Å². The molecule has 0 aromatic carbocycles. The van der Waals surface area contributed by atoms with Crippen molar-refractivity contribution >= 4 is 29.6 Å². The predicted octanol–water partition coefficient (Wildman–Crippen LogP) is -2.13. The van der Waals surface area contributed by atoms with Gasteiger partial charge < -0.3 is 43.2 Å². The quantitative estimate of drug-likeness (QED) is 0.106. The summed E-state index contributed by atoms with van der Waals surface area (Å²) in [6.07, 6.45) is 4.22. The molecule has 4 amide bonds. The number of carboxylic acid groups (broad SMARTS) is 1. The Labute approximate surface area is 209 Å². The molecule has 0 saturated carbocycles. The topological polar surface area (TPSA) is 248 Å². The van der Waals surface area contributed by atoms with Crippen molar-refractivity contribution in [2.75, 3.05) is 6.54 Å². The number of carbonyl (C=O) groups excluding carboxylic acids is 4. The number of aromatic nitrogens is 2. The van der Waals surface area contributed by atoms with E-state index in [4.69, 9.17) is 17.2 Å². The number of nitrogens with one attached hydrogen (secondary N) is 4. The molecule has 202 valence electrons. The molecule has 11 N–H and O–H groups in total. The van der Waals surface area contributed by atoms with E-state index >= 15 is 0 Å². The zero-order chi connectivity index (χ0) is 27.3. The maximum atomic E-state index is 13.2. The molecule has 14 nitrogen and oxygen atoms in total. The Hall–Kier alpha value is -3.52. The highest BCUT2D eigenvalue weighted by Gasteiger charge is 2.32. The monoisotopic (exact) mass is 510 g/mol. The van der Waals surface area contributed by atoms with Gasteiger partial charge in [-0.05, 0) is 31.7 Å². The highest BCUT2D eigenvalue weighted by molar-refractivity contribution is 5.95. The molecule has 0 spiro atoms. The van der Waals surface area contributed by atoms with Gasteiger partial charge in [0.1, 0.15) is 18.1 Å². The molecule has 0 saturated heterocycles. The number of hydrogen-bond acceptors (Lipinski definition) is 8. The first-order valence-corrected chi connectivity index (χ1v) is 11.8. The molecule has 5 atom stereocenters. The second-order valence-electron chi connectivity index (χ2n) is 8.67. The van der Waals surface area contributed by atoms with Crippen LogP contribution in [0.5, 0.6) is 0 Å². The molecule has 1 aromatic heterocycles. The lowest BCUT2D eigenvalue weighted by molar-refractivity contribution is -0.142. The summed E-state index contributed by atoms with van der Waals surface area (Å²) in [6.45, 7) is 3.93. The van der Waals surface area contributed by atoms with Gasteiger partial charge in [0.15, 0.2) is 0 Å². The van der Waals surface area contributed by atoms with Crippen LogP contribution in [0.4, 0.5) is 0 Å². The largest absolute Gasteiger partial charge is 0.480 e. The lowest BCUT2D eigenvalue weighted by Gasteiger charge is -2.28. The molecule has 0 bridgehead atoms. The molecular weight excluding hydrogens is 472 g/mol. The molecular formula is C22H38N8O6. The number of rotatable bonds is 17. The standard InChI is InChI=1S/C22H38N8O6/c1-3-12(2)18(30-19(32)14(24)9-17(25)31)21(34)28-15(6-4-5-7-23)20(33)29-16(22(35)36)8-13-10-26-11-27-13/h10-12,14-16,18H,3-9,23-24H2,1-2H3,(H2,25,31)(H,26,27)(H,28,34)(H,29,33)(H,30,32)(H,35,36). The molecule has 14 heteroatoms. The number of aromatic amines is 1. The highest BCUT2D eigenvalue weighted by atomic mass is 16.4. The number of carboxylic acids is 1. The third-order valence-corrected chi connectivity index (χ3v) is 5.72. The van der Waals surface area contributed by atoms with E-state index in [0.717, 1.165) is 0 Å². The van der Waals surface area contributed by atoms with Gasteiger partial charge in [-0.25, -0.2) is 9.78 Å². The fourth-order valence-electron chi connectivity index (χ4n) is 3.38. The van der Waals surface area contributed by atoms with Gasteiger partial charge in [-0.15, -0.1) is 0 Å². The molecule has 36 heavy (non-hydrogen) atoms. The first-order chi connectivity index (χ1) is 17.0. The SMILES string of the molecule is CCC(C)C(NC(=O)C(N)CC(N)=O)C(=O)NC(CCCCN)C(=O)NC(Cc1cnc[nH]1)C(=O)O. The summed E-state index contributed by atoms with van der Waals surface area (Å²) in [5.74, 6) is -4.41. The van der Waals surface area contributed by atoms with Crippen LogP contribution in [-0.2, 0) is 30.4 Å². The van der Waals surface area contributed by atoms with Gasteiger partial charge in [-0.1, -0.05) is 20.3 Å². The van der Waals surface area contributed by atoms with Gasteiger partial charge in [0.05, 0.1) is 18.8 Å². The molecule has 0 radical (unpaired) electrons. The highest BCUT2D eigenvalue weighted by Crippen LogP contribution is 2.11. The molecule has 1 aromatic rings. The van der Waals surface area contributed by atoms with Crippen molar-refractivity contribution in [2.45, 2.75) is 76.5 Å². The summed E-state index contributed by atoms with van der Waals surface area (Å²) in [5, 5.41) is 17.2. The lowest BCUT2D eigenvalue weighted by Crippen LogP contribution is -2.59. The van der Waals surface area contributed by atoms with Crippen molar-refractivity contribution in [3.05, 3.63) is 18.2 Å². The van der Waals surface area contributed by atoms with E-state index in [1.54, 1.807) is 6.92 Å². The molecule has 0 fully saturated rings. The molecule has 0 aliphatic carbocycles. The first kappa shape index (κ1) is 30.5. The van der Waals surface area contributed by atoms with Gasteiger partial charge >= 0.3 is 5.97 Å². The van der Waals surface area contributed by atoms with Gasteiger partial charge in [0.25, 0.3) is 0 Å². The molecule has 1 rings (SSSR count). The Morgan fingerprint density at radius 2 is 1.72 bits per heavy atom. The van der Waals surface area contributed by atoms with Crippen LogP contribution in [-0.4, -0.2) is 75.4 Å². The number of amides is 4. The Morgan fingerprint density at radius 1 is 1.06 bits per heavy atom. The number of primary amides is 1. The van der Waals surface area contributed by atoms with E-state index in [9.17, 15) is 29.1 Å². The molecule has 5 unspecified atom stereocenters. The number of aliphatic carboxylic acids is 1. The zero-order valence-electron chi connectivity index (χ0n) is 20.7. The number of unbranched alkanes of at least 4 members (excludes halogenated alkanes) is 1. The number of nitrogens with two attached hydrogens (primary N) is 3. The summed E-state index contributed by atoms with van der Waals surface area (Å²) in [4.78, 5) is 68.0. The van der Waals surface area contributed by atoms with Crippen LogP contribution in [0.1, 0.15) is 51.6 Å². The van der Waals surface area contributed by atoms with Crippen LogP contribution in [0.25, 0.3) is 0 Å². The number of imidazole rings is 1. The number of carbonyl (C=O) groups is 5. The van der Waals surface area contributed by atoms with E-state index in [0.29, 0.717) is 31.5 Å². The van der Waals surface area contributed by atoms with E-state index in [1.165, 1.54) is 12.5 Å². The van der Waals surface area contributed by atoms with E-state index in [1.807, 2.05) is 6.92 Å². The summed E-state index contributed by atoms with van der Waals surface area (Å²) in [6, 6.07) is -4.62. The van der Waals surface area contributed by atoms with Crippen LogP contribution in [0.3, 0.4) is 0 Å².